The van der Waals surface area contributed by atoms with Crippen molar-refractivity contribution < 1.29 is 4.79 Å². The number of nitrogens with one attached hydrogen (secondary N) is 1. The quantitative estimate of drug-likeness (QED) is 0.856. The van der Waals surface area contributed by atoms with Gasteiger partial charge in [-0.1, -0.05) is 57.0 Å². The van der Waals surface area contributed by atoms with E-state index in [0.29, 0.717) is 18.5 Å². The number of hydrogen-bond donors (Lipinski definition) is 1. The lowest BCUT2D eigenvalue weighted by Crippen LogP contribution is -2.52. The van der Waals surface area contributed by atoms with Crippen molar-refractivity contribution in [2.24, 2.45) is 11.8 Å². The molecule has 1 aromatic carbocycles. The number of benzene rings is 1. The molecule has 3 nitrogen and oxygen atoms in total. The molecule has 26 heavy (non-hydrogen) atoms. The van der Waals surface area contributed by atoms with Crippen LogP contribution >= 0.6 is 0 Å². The summed E-state index contributed by atoms with van der Waals surface area (Å²) < 4.78 is 0. The minimum Gasteiger partial charge on any atom is -0.315 e. The van der Waals surface area contributed by atoms with Gasteiger partial charge in [0.25, 0.3) is 5.91 Å². The van der Waals surface area contributed by atoms with Crippen LogP contribution < -0.4 is 5.32 Å². The maximum absolute atomic E-state index is 13.2. The standard InChI is InChI=1S/C23H32N2O/c1-16-9-8-14-21(17(16)2)24-22-19-12-6-7-13-20(19)23(26)25(22)15-18-10-4-3-5-11-18/h3-5,10-11,16-17,21-22,24H,6-9,12-15H2,1-2H3/t16-,17-,21+,22-/m1/s1. The summed E-state index contributed by atoms with van der Waals surface area (Å²) >= 11 is 0. The molecule has 0 aromatic heterocycles. The number of hydrogen-bond acceptors (Lipinski definition) is 2. The lowest BCUT2D eigenvalue weighted by Gasteiger charge is -2.39. The Kier molecular flexibility index (Phi) is 5.17. The Morgan fingerprint density at radius 3 is 2.62 bits per heavy atom. The van der Waals surface area contributed by atoms with Gasteiger partial charge in [0.2, 0.25) is 0 Å². The van der Waals surface area contributed by atoms with Crippen LogP contribution in [0.5, 0.6) is 0 Å². The Morgan fingerprint density at radius 1 is 1.04 bits per heavy atom. The molecule has 1 heterocycles. The Labute approximate surface area is 157 Å². The van der Waals surface area contributed by atoms with E-state index < -0.39 is 0 Å². The van der Waals surface area contributed by atoms with Gasteiger partial charge >= 0.3 is 0 Å². The SMILES string of the molecule is C[C@@H]1[C@H](C)CCC[C@@H]1N[C@H]1C2=C(CCCC2)C(=O)N1Cc1ccccc1. The van der Waals surface area contributed by atoms with Gasteiger partial charge in [-0.25, -0.2) is 0 Å². The first-order valence-electron chi connectivity index (χ1n) is 10.5. The lowest BCUT2D eigenvalue weighted by atomic mass is 9.77. The smallest absolute Gasteiger partial charge is 0.251 e. The Bertz CT molecular complexity index is 681. The highest BCUT2D eigenvalue weighted by molar-refractivity contribution is 5.97. The van der Waals surface area contributed by atoms with Crippen LogP contribution in [-0.4, -0.2) is 23.0 Å². The molecule has 0 radical (unpaired) electrons. The van der Waals surface area contributed by atoms with Crippen LogP contribution in [0.3, 0.4) is 0 Å². The molecule has 3 aliphatic rings. The Morgan fingerprint density at radius 2 is 1.81 bits per heavy atom. The first kappa shape index (κ1) is 17.8. The van der Waals surface area contributed by atoms with Crippen molar-refractivity contribution in [3.8, 4) is 0 Å². The summed E-state index contributed by atoms with van der Waals surface area (Å²) in [5.74, 6) is 1.71. The van der Waals surface area contributed by atoms with E-state index >= 15 is 0 Å². The van der Waals surface area contributed by atoms with Crippen molar-refractivity contribution in [1.29, 1.82) is 0 Å². The summed E-state index contributed by atoms with van der Waals surface area (Å²) in [6.07, 6.45) is 8.41. The van der Waals surface area contributed by atoms with Crippen molar-refractivity contribution in [2.75, 3.05) is 0 Å². The highest BCUT2D eigenvalue weighted by Gasteiger charge is 2.41. The molecular weight excluding hydrogens is 320 g/mol. The molecule has 1 N–H and O–H groups in total. The molecule has 0 spiro atoms. The third-order valence-corrected chi connectivity index (χ3v) is 6.95. The molecule has 1 fully saturated rings. The predicted octanol–water partition coefficient (Wildman–Crippen LogP) is 4.64. The van der Waals surface area contributed by atoms with Gasteiger partial charge in [0.05, 0.1) is 0 Å². The molecule has 4 atom stereocenters. The van der Waals surface area contributed by atoms with Crippen LogP contribution in [0.1, 0.15) is 64.4 Å². The van der Waals surface area contributed by atoms with Crippen LogP contribution in [0.4, 0.5) is 0 Å². The fourth-order valence-electron chi connectivity index (χ4n) is 5.11. The normalized spacial score (nSPS) is 32.1. The van der Waals surface area contributed by atoms with E-state index in [1.165, 1.54) is 36.8 Å². The van der Waals surface area contributed by atoms with Gasteiger partial charge in [0, 0.05) is 18.2 Å². The average molecular weight is 353 g/mol. The summed E-state index contributed by atoms with van der Waals surface area (Å²) in [7, 11) is 0. The van der Waals surface area contributed by atoms with E-state index in [4.69, 9.17) is 0 Å². The third-order valence-electron chi connectivity index (χ3n) is 6.95. The topological polar surface area (TPSA) is 32.3 Å². The average Bonchev–Trinajstić information content (AvgIpc) is 2.92. The fourth-order valence-corrected chi connectivity index (χ4v) is 5.11. The molecular formula is C23H32N2O. The zero-order valence-corrected chi connectivity index (χ0v) is 16.2. The Hall–Kier alpha value is -1.61. The number of carbonyl (C=O) groups excluding carboxylic acids is 1. The molecule has 3 heteroatoms. The van der Waals surface area contributed by atoms with Crippen LogP contribution in [0.15, 0.2) is 41.5 Å². The molecule has 1 aliphatic heterocycles. The molecule has 2 aliphatic carbocycles. The van der Waals surface area contributed by atoms with Gasteiger partial charge in [0.1, 0.15) is 6.17 Å². The summed E-state index contributed by atoms with van der Waals surface area (Å²) in [6, 6.07) is 11.0. The van der Waals surface area contributed by atoms with E-state index in [1.807, 2.05) is 6.07 Å². The van der Waals surface area contributed by atoms with Crippen LogP contribution in [-0.2, 0) is 11.3 Å². The highest BCUT2D eigenvalue weighted by Crippen LogP contribution is 2.38. The van der Waals surface area contributed by atoms with Gasteiger partial charge in [-0.2, -0.15) is 0 Å². The van der Waals surface area contributed by atoms with E-state index in [0.717, 1.165) is 30.8 Å². The monoisotopic (exact) mass is 352 g/mol. The largest absolute Gasteiger partial charge is 0.315 e. The van der Waals surface area contributed by atoms with Crippen LogP contribution in [0, 0.1) is 11.8 Å². The summed E-state index contributed by atoms with van der Waals surface area (Å²) in [6.45, 7) is 5.47. The summed E-state index contributed by atoms with van der Waals surface area (Å²) in [4.78, 5) is 15.3. The molecule has 0 saturated heterocycles. The van der Waals surface area contributed by atoms with Crippen LogP contribution in [0.2, 0.25) is 0 Å². The number of nitrogens with zero attached hydrogens (tertiary/aromatic N) is 1. The zero-order valence-electron chi connectivity index (χ0n) is 16.2. The van der Waals surface area contributed by atoms with E-state index in [1.54, 1.807) is 0 Å². The molecule has 1 saturated carbocycles. The van der Waals surface area contributed by atoms with Crippen molar-refractivity contribution in [2.45, 2.75) is 77.5 Å². The van der Waals surface area contributed by atoms with Crippen molar-refractivity contribution >= 4 is 5.91 Å². The van der Waals surface area contributed by atoms with Gasteiger partial charge < -0.3 is 4.90 Å². The van der Waals surface area contributed by atoms with Gasteiger partial charge in [-0.05, 0) is 55.1 Å². The van der Waals surface area contributed by atoms with Gasteiger partial charge in [0.15, 0.2) is 0 Å². The summed E-state index contributed by atoms with van der Waals surface area (Å²) in [5, 5.41) is 3.95. The number of amides is 1. The van der Waals surface area contributed by atoms with Crippen molar-refractivity contribution in [3.05, 3.63) is 47.0 Å². The van der Waals surface area contributed by atoms with Gasteiger partial charge in [-0.3, -0.25) is 10.1 Å². The molecule has 140 valence electrons. The van der Waals surface area contributed by atoms with Gasteiger partial charge in [-0.15, -0.1) is 0 Å². The van der Waals surface area contributed by atoms with Crippen LogP contribution in [0.25, 0.3) is 0 Å². The first-order chi connectivity index (χ1) is 12.6. The third kappa shape index (κ3) is 3.34. The first-order valence-corrected chi connectivity index (χ1v) is 10.5. The van der Waals surface area contributed by atoms with E-state index in [-0.39, 0.29) is 12.1 Å². The predicted molar refractivity (Wildman–Crippen MR) is 105 cm³/mol. The summed E-state index contributed by atoms with van der Waals surface area (Å²) in [5.41, 5.74) is 3.72. The second-order valence-electron chi connectivity index (χ2n) is 8.57. The zero-order chi connectivity index (χ0) is 18.1. The minimum atomic E-state index is 0.107. The lowest BCUT2D eigenvalue weighted by molar-refractivity contribution is -0.128. The number of carbonyl (C=O) groups is 1. The maximum Gasteiger partial charge on any atom is 0.251 e. The fraction of sp³-hybridized carbons (Fsp3) is 0.609. The second kappa shape index (κ2) is 7.56. The molecule has 4 rings (SSSR count). The highest BCUT2D eigenvalue weighted by atomic mass is 16.2. The number of rotatable bonds is 4. The van der Waals surface area contributed by atoms with Crippen molar-refractivity contribution in [1.82, 2.24) is 10.2 Å². The molecule has 0 unspecified atom stereocenters. The maximum atomic E-state index is 13.2. The second-order valence-corrected chi connectivity index (χ2v) is 8.57. The molecule has 1 aromatic rings. The Balaban J connectivity index is 1.58. The van der Waals surface area contributed by atoms with E-state index in [9.17, 15) is 4.79 Å². The molecule has 1 amide bonds. The minimum absolute atomic E-state index is 0.107. The van der Waals surface area contributed by atoms with E-state index in [2.05, 4.69) is 48.3 Å². The van der Waals surface area contributed by atoms with Crippen molar-refractivity contribution in [3.63, 3.8) is 0 Å². The molecule has 0 bridgehead atoms.